The van der Waals surface area contributed by atoms with Gasteiger partial charge in [-0.1, -0.05) is 42.1 Å². The molecule has 0 aromatic heterocycles. The summed E-state index contributed by atoms with van der Waals surface area (Å²) in [6.07, 6.45) is 1.68. The van der Waals surface area contributed by atoms with Gasteiger partial charge in [0, 0.05) is 18.2 Å². The van der Waals surface area contributed by atoms with Crippen LogP contribution in [-0.2, 0) is 23.6 Å². The quantitative estimate of drug-likeness (QED) is 0.708. The summed E-state index contributed by atoms with van der Waals surface area (Å²) in [6.45, 7) is 10.8. The molecule has 2 aliphatic rings. The molecule has 0 spiro atoms. The highest BCUT2D eigenvalue weighted by atomic mass is 32.2. The molecule has 2 fully saturated rings. The molecule has 0 bridgehead atoms. The number of carbonyl (C=O) groups excluding carboxylic acids is 1. The lowest BCUT2D eigenvalue weighted by Crippen LogP contribution is -2.41. The molecule has 0 amide bonds. The fourth-order valence-corrected chi connectivity index (χ4v) is 3.54. The molecule has 146 valence electrons. The van der Waals surface area contributed by atoms with Crippen molar-refractivity contribution in [1.82, 2.24) is 0 Å². The lowest BCUT2D eigenvalue weighted by atomic mass is 9.78. The van der Waals surface area contributed by atoms with Crippen molar-refractivity contribution in [2.45, 2.75) is 52.1 Å². The Bertz CT molecular complexity index is 709. The third kappa shape index (κ3) is 4.66. The highest BCUT2D eigenvalue weighted by molar-refractivity contribution is 8.13. The van der Waals surface area contributed by atoms with Crippen LogP contribution < -0.4 is 0 Å². The van der Waals surface area contributed by atoms with Crippen LogP contribution in [0.5, 0.6) is 0 Å². The van der Waals surface area contributed by atoms with Gasteiger partial charge in [-0.15, -0.1) is 0 Å². The predicted molar refractivity (Wildman–Crippen MR) is 108 cm³/mol. The van der Waals surface area contributed by atoms with Crippen LogP contribution >= 0.6 is 11.8 Å². The fraction of sp³-hybridized carbons (Fsp3) is 0.550. The summed E-state index contributed by atoms with van der Waals surface area (Å²) in [5, 5.41) is 0.0631. The minimum Gasteiger partial charge on any atom is -0.400 e. The molecule has 2 saturated heterocycles. The van der Waals surface area contributed by atoms with E-state index < -0.39 is 18.3 Å². The lowest BCUT2D eigenvalue weighted by molar-refractivity contribution is -0.109. The topological polar surface area (TPSA) is 54.0 Å². The Balaban J connectivity index is 1.93. The first-order chi connectivity index (χ1) is 12.7. The van der Waals surface area contributed by atoms with E-state index in [0.717, 1.165) is 16.6 Å². The third-order valence-corrected chi connectivity index (χ3v) is 6.09. The first kappa shape index (κ1) is 20.6. The Kier molecular flexibility index (Phi) is 6.18. The van der Waals surface area contributed by atoms with Crippen molar-refractivity contribution in [1.29, 1.82) is 0 Å². The standard InChI is InChI=1S/C20H27BO5S/c1-14(22)27-13-16(21-25-19(2,3)20(4,5)26-21)12-15-8-6-7-9-17(15)18-23-10-11-24-18/h6-9,12,18H,10-11,13H2,1-5H3. The molecule has 1 aromatic carbocycles. The Labute approximate surface area is 165 Å². The number of thioether (sulfide) groups is 1. The van der Waals surface area contributed by atoms with Gasteiger partial charge in [-0.2, -0.15) is 0 Å². The van der Waals surface area contributed by atoms with E-state index in [4.69, 9.17) is 18.8 Å². The van der Waals surface area contributed by atoms with Gasteiger partial charge < -0.3 is 18.8 Å². The Morgan fingerprint density at radius 1 is 1.15 bits per heavy atom. The Hall–Kier alpha value is -1.12. The van der Waals surface area contributed by atoms with Crippen molar-refractivity contribution in [2.75, 3.05) is 19.0 Å². The summed E-state index contributed by atoms with van der Waals surface area (Å²) >= 11 is 1.25. The molecule has 0 unspecified atom stereocenters. The van der Waals surface area contributed by atoms with Crippen LogP contribution in [-0.4, -0.2) is 42.4 Å². The highest BCUT2D eigenvalue weighted by Crippen LogP contribution is 2.40. The maximum absolute atomic E-state index is 11.6. The van der Waals surface area contributed by atoms with E-state index in [1.54, 1.807) is 6.92 Å². The van der Waals surface area contributed by atoms with E-state index in [9.17, 15) is 4.79 Å². The van der Waals surface area contributed by atoms with Crippen molar-refractivity contribution >= 4 is 30.1 Å². The van der Waals surface area contributed by atoms with E-state index >= 15 is 0 Å². The van der Waals surface area contributed by atoms with Crippen molar-refractivity contribution < 1.29 is 23.6 Å². The molecule has 5 nitrogen and oxygen atoms in total. The van der Waals surface area contributed by atoms with Gasteiger partial charge in [-0.3, -0.25) is 4.79 Å². The molecule has 27 heavy (non-hydrogen) atoms. The normalized spacial score (nSPS) is 22.4. The second kappa shape index (κ2) is 8.09. The SMILES string of the molecule is CC(=O)SCC(=Cc1ccccc1C1OCCO1)B1OC(C)(C)C(C)(C)O1. The molecule has 1 aromatic rings. The van der Waals surface area contributed by atoms with Gasteiger partial charge in [0.2, 0.25) is 0 Å². The molecule has 0 atom stereocenters. The van der Waals surface area contributed by atoms with Crippen LogP contribution in [0.4, 0.5) is 0 Å². The maximum atomic E-state index is 11.6. The number of hydrogen-bond acceptors (Lipinski definition) is 6. The predicted octanol–water partition coefficient (Wildman–Crippen LogP) is 4.03. The number of hydrogen-bond donors (Lipinski definition) is 0. The minimum absolute atomic E-state index is 0.0631. The third-order valence-electron chi connectivity index (χ3n) is 5.21. The van der Waals surface area contributed by atoms with Crippen molar-refractivity contribution in [2.24, 2.45) is 0 Å². The molecular weight excluding hydrogens is 363 g/mol. The van der Waals surface area contributed by atoms with E-state index in [1.165, 1.54) is 11.8 Å². The monoisotopic (exact) mass is 390 g/mol. The average molecular weight is 390 g/mol. The van der Waals surface area contributed by atoms with Gasteiger partial charge in [-0.05, 0) is 38.7 Å². The first-order valence-electron chi connectivity index (χ1n) is 9.21. The summed E-state index contributed by atoms with van der Waals surface area (Å²) < 4.78 is 23.8. The second-order valence-corrected chi connectivity index (χ2v) is 8.94. The molecule has 0 N–H and O–H groups in total. The van der Waals surface area contributed by atoms with E-state index in [-0.39, 0.29) is 11.4 Å². The van der Waals surface area contributed by atoms with Gasteiger partial charge in [-0.25, -0.2) is 0 Å². The van der Waals surface area contributed by atoms with Gasteiger partial charge >= 0.3 is 7.12 Å². The molecule has 3 rings (SSSR count). The summed E-state index contributed by atoms with van der Waals surface area (Å²) in [6, 6.07) is 7.96. The zero-order valence-electron chi connectivity index (χ0n) is 16.6. The molecule has 0 aliphatic carbocycles. The lowest BCUT2D eigenvalue weighted by Gasteiger charge is -2.32. The maximum Gasteiger partial charge on any atom is 0.491 e. The zero-order chi connectivity index (χ0) is 19.7. The van der Waals surface area contributed by atoms with Gasteiger partial charge in [0.05, 0.1) is 24.4 Å². The Morgan fingerprint density at radius 2 is 1.74 bits per heavy atom. The van der Waals surface area contributed by atoms with Crippen LogP contribution in [0.25, 0.3) is 6.08 Å². The zero-order valence-corrected chi connectivity index (χ0v) is 17.4. The van der Waals surface area contributed by atoms with E-state index in [1.807, 2.05) is 58.0 Å². The number of benzene rings is 1. The summed E-state index contributed by atoms with van der Waals surface area (Å²) in [5.41, 5.74) is 2.00. The molecule has 2 heterocycles. The van der Waals surface area contributed by atoms with Crippen LogP contribution in [0.1, 0.15) is 52.0 Å². The van der Waals surface area contributed by atoms with Crippen LogP contribution in [0.3, 0.4) is 0 Å². The second-order valence-electron chi connectivity index (χ2n) is 7.79. The van der Waals surface area contributed by atoms with Gasteiger partial charge in [0.15, 0.2) is 11.4 Å². The number of ether oxygens (including phenoxy) is 2. The summed E-state index contributed by atoms with van der Waals surface area (Å²) in [5.74, 6) is 0.507. The average Bonchev–Trinajstić information content (AvgIpc) is 3.18. The smallest absolute Gasteiger partial charge is 0.400 e. The van der Waals surface area contributed by atoms with Crippen molar-refractivity contribution in [3.8, 4) is 0 Å². The van der Waals surface area contributed by atoms with E-state index in [0.29, 0.717) is 19.0 Å². The molecule has 7 heteroatoms. The van der Waals surface area contributed by atoms with Crippen LogP contribution in [0, 0.1) is 0 Å². The molecule has 0 radical (unpaired) electrons. The minimum atomic E-state index is -0.500. The van der Waals surface area contributed by atoms with Crippen LogP contribution in [0.2, 0.25) is 0 Å². The van der Waals surface area contributed by atoms with Gasteiger partial charge in [0.1, 0.15) is 0 Å². The van der Waals surface area contributed by atoms with Crippen molar-refractivity contribution in [3.63, 3.8) is 0 Å². The molecular formula is C20H27BO5S. The number of carbonyl (C=O) groups is 1. The molecule has 0 saturated carbocycles. The van der Waals surface area contributed by atoms with E-state index in [2.05, 4.69) is 0 Å². The van der Waals surface area contributed by atoms with Crippen molar-refractivity contribution in [3.05, 3.63) is 40.9 Å². The van der Waals surface area contributed by atoms with Crippen LogP contribution in [0.15, 0.2) is 29.7 Å². The summed E-state index contributed by atoms with van der Waals surface area (Å²) in [4.78, 5) is 11.6. The molecule has 2 aliphatic heterocycles. The van der Waals surface area contributed by atoms with Gasteiger partial charge in [0.25, 0.3) is 0 Å². The largest absolute Gasteiger partial charge is 0.491 e. The fourth-order valence-electron chi connectivity index (χ4n) is 2.95. The number of rotatable bonds is 5. The Morgan fingerprint density at radius 3 is 2.33 bits per heavy atom. The summed E-state index contributed by atoms with van der Waals surface area (Å²) in [7, 11) is -0.500. The first-order valence-corrected chi connectivity index (χ1v) is 10.2. The highest BCUT2D eigenvalue weighted by Gasteiger charge is 2.52.